The van der Waals surface area contributed by atoms with Crippen molar-refractivity contribution in [2.45, 2.75) is 44.8 Å². The summed E-state index contributed by atoms with van der Waals surface area (Å²) in [5, 5.41) is 12.4. The van der Waals surface area contributed by atoms with E-state index in [9.17, 15) is 4.79 Å². The van der Waals surface area contributed by atoms with E-state index in [0.29, 0.717) is 11.0 Å². The molecule has 0 saturated heterocycles. The Labute approximate surface area is 169 Å². The molecule has 0 aliphatic heterocycles. The molecule has 1 unspecified atom stereocenters. The van der Waals surface area contributed by atoms with E-state index in [1.807, 2.05) is 36.6 Å². The zero-order valence-electron chi connectivity index (χ0n) is 16.4. The van der Waals surface area contributed by atoms with Gasteiger partial charge in [0.2, 0.25) is 5.91 Å². The molecule has 146 valence electrons. The number of carbonyl (C=O) groups is 1. The van der Waals surface area contributed by atoms with Gasteiger partial charge in [-0.3, -0.25) is 14.3 Å². The van der Waals surface area contributed by atoms with Crippen LogP contribution in [0.15, 0.2) is 53.8 Å². The molecule has 6 nitrogen and oxygen atoms in total. The molecule has 7 heteroatoms. The number of aromatic nitrogens is 4. The second-order valence-electron chi connectivity index (χ2n) is 6.54. The van der Waals surface area contributed by atoms with Crippen LogP contribution in [0.2, 0.25) is 0 Å². The highest BCUT2D eigenvalue weighted by Crippen LogP contribution is 2.27. The van der Waals surface area contributed by atoms with Gasteiger partial charge < -0.3 is 5.32 Å². The van der Waals surface area contributed by atoms with Crippen molar-refractivity contribution in [2.75, 3.05) is 5.75 Å². The summed E-state index contributed by atoms with van der Waals surface area (Å²) >= 11 is 1.38. The second-order valence-corrected chi connectivity index (χ2v) is 7.48. The van der Waals surface area contributed by atoms with Gasteiger partial charge in [0, 0.05) is 17.9 Å². The minimum absolute atomic E-state index is 0.00498. The second kappa shape index (κ2) is 9.50. The number of hydrogen-bond acceptors (Lipinski definition) is 5. The summed E-state index contributed by atoms with van der Waals surface area (Å²) in [5.74, 6) is 0.946. The Bertz CT molecular complexity index is 908. The number of nitrogens with one attached hydrogen (secondary N) is 1. The Hall–Kier alpha value is -2.67. The van der Waals surface area contributed by atoms with E-state index in [4.69, 9.17) is 0 Å². The SMILES string of the molecule is CCc1ccc(-n2c(SCC(=O)NC(C)CC)nnc2-c2ccccn2)cc1. The van der Waals surface area contributed by atoms with Crippen molar-refractivity contribution in [3.05, 3.63) is 54.2 Å². The maximum Gasteiger partial charge on any atom is 0.230 e. The standard InChI is InChI=1S/C21H25N5OS/c1-4-15(3)23-19(27)14-28-21-25-24-20(18-8-6-7-13-22-18)26(21)17-11-9-16(5-2)10-12-17/h6-13,15H,4-5,14H2,1-3H3,(H,23,27). The molecule has 28 heavy (non-hydrogen) atoms. The normalized spacial score (nSPS) is 12.0. The van der Waals surface area contributed by atoms with Crippen LogP contribution in [-0.2, 0) is 11.2 Å². The van der Waals surface area contributed by atoms with Gasteiger partial charge in [0.05, 0.1) is 5.75 Å². The first-order chi connectivity index (χ1) is 13.6. The predicted molar refractivity (Wildman–Crippen MR) is 113 cm³/mol. The molecule has 0 spiro atoms. The van der Waals surface area contributed by atoms with Gasteiger partial charge in [-0.1, -0.05) is 43.8 Å². The number of rotatable bonds is 8. The monoisotopic (exact) mass is 395 g/mol. The van der Waals surface area contributed by atoms with E-state index in [1.54, 1.807) is 6.20 Å². The number of carbonyl (C=O) groups excluding carboxylic acids is 1. The van der Waals surface area contributed by atoms with Crippen LogP contribution in [0.3, 0.4) is 0 Å². The maximum absolute atomic E-state index is 12.2. The van der Waals surface area contributed by atoms with Crippen LogP contribution in [0.25, 0.3) is 17.2 Å². The third-order valence-corrected chi connectivity index (χ3v) is 5.41. The topological polar surface area (TPSA) is 72.7 Å². The Morgan fingerprint density at radius 1 is 1.14 bits per heavy atom. The Balaban J connectivity index is 1.91. The fraction of sp³-hybridized carbons (Fsp3) is 0.333. The van der Waals surface area contributed by atoms with E-state index >= 15 is 0 Å². The Kier molecular flexibility index (Phi) is 6.81. The number of thioether (sulfide) groups is 1. The van der Waals surface area contributed by atoms with E-state index in [2.05, 4.69) is 51.7 Å². The van der Waals surface area contributed by atoms with E-state index < -0.39 is 0 Å². The molecule has 3 rings (SSSR count). The van der Waals surface area contributed by atoms with Gasteiger partial charge >= 0.3 is 0 Å². The highest BCUT2D eigenvalue weighted by Gasteiger charge is 2.18. The van der Waals surface area contributed by atoms with Gasteiger partial charge in [0.1, 0.15) is 5.69 Å². The molecular formula is C21H25N5OS. The van der Waals surface area contributed by atoms with Gasteiger partial charge in [0.25, 0.3) is 0 Å². The fourth-order valence-corrected chi connectivity index (χ4v) is 3.45. The molecule has 0 aliphatic rings. The molecule has 0 radical (unpaired) electrons. The van der Waals surface area contributed by atoms with Crippen molar-refractivity contribution in [2.24, 2.45) is 0 Å². The molecule has 0 bridgehead atoms. The molecule has 2 heterocycles. The van der Waals surface area contributed by atoms with Gasteiger partial charge in [0.15, 0.2) is 11.0 Å². The highest BCUT2D eigenvalue weighted by atomic mass is 32.2. The van der Waals surface area contributed by atoms with Crippen molar-refractivity contribution >= 4 is 17.7 Å². The fourth-order valence-electron chi connectivity index (χ4n) is 2.69. The van der Waals surface area contributed by atoms with Crippen molar-refractivity contribution in [1.29, 1.82) is 0 Å². The Morgan fingerprint density at radius 3 is 2.57 bits per heavy atom. The third kappa shape index (κ3) is 4.78. The van der Waals surface area contributed by atoms with E-state index in [1.165, 1.54) is 17.3 Å². The summed E-state index contributed by atoms with van der Waals surface area (Å²) in [6, 6.07) is 14.2. The lowest BCUT2D eigenvalue weighted by atomic mass is 10.1. The van der Waals surface area contributed by atoms with Crippen LogP contribution >= 0.6 is 11.8 Å². The van der Waals surface area contributed by atoms with Crippen LogP contribution in [0, 0.1) is 0 Å². The first-order valence-electron chi connectivity index (χ1n) is 9.50. The van der Waals surface area contributed by atoms with Crippen molar-refractivity contribution in [3.63, 3.8) is 0 Å². The molecular weight excluding hydrogens is 370 g/mol. The maximum atomic E-state index is 12.2. The number of aryl methyl sites for hydroxylation is 1. The minimum Gasteiger partial charge on any atom is -0.353 e. The molecule has 0 aliphatic carbocycles. The predicted octanol–water partition coefficient (Wildman–Crippen LogP) is 3.90. The average molecular weight is 396 g/mol. The molecule has 1 aromatic carbocycles. The summed E-state index contributed by atoms with van der Waals surface area (Å²) in [6.07, 6.45) is 3.62. The summed E-state index contributed by atoms with van der Waals surface area (Å²) in [7, 11) is 0. The average Bonchev–Trinajstić information content (AvgIpc) is 3.16. The van der Waals surface area contributed by atoms with Crippen LogP contribution in [0.5, 0.6) is 0 Å². The lowest BCUT2D eigenvalue weighted by molar-refractivity contribution is -0.119. The lowest BCUT2D eigenvalue weighted by Crippen LogP contribution is -2.33. The Morgan fingerprint density at radius 2 is 1.93 bits per heavy atom. The molecule has 1 atom stereocenters. The highest BCUT2D eigenvalue weighted by molar-refractivity contribution is 7.99. The number of benzene rings is 1. The smallest absolute Gasteiger partial charge is 0.230 e. The van der Waals surface area contributed by atoms with Crippen LogP contribution < -0.4 is 5.32 Å². The molecule has 1 amide bonds. The molecule has 1 N–H and O–H groups in total. The first-order valence-corrected chi connectivity index (χ1v) is 10.5. The van der Waals surface area contributed by atoms with Gasteiger partial charge in [-0.05, 0) is 49.6 Å². The number of pyridine rings is 1. The summed E-state index contributed by atoms with van der Waals surface area (Å²) in [6.45, 7) is 6.18. The van der Waals surface area contributed by atoms with Crippen LogP contribution in [0.1, 0.15) is 32.8 Å². The number of nitrogens with zero attached hydrogens (tertiary/aromatic N) is 4. The van der Waals surface area contributed by atoms with Crippen molar-refractivity contribution in [1.82, 2.24) is 25.1 Å². The van der Waals surface area contributed by atoms with E-state index in [-0.39, 0.29) is 17.7 Å². The first kappa shape index (κ1) is 20.1. The summed E-state index contributed by atoms with van der Waals surface area (Å²) < 4.78 is 1.96. The molecule has 3 aromatic rings. The minimum atomic E-state index is -0.00498. The largest absolute Gasteiger partial charge is 0.353 e. The zero-order valence-corrected chi connectivity index (χ0v) is 17.2. The number of amides is 1. The number of hydrogen-bond donors (Lipinski definition) is 1. The van der Waals surface area contributed by atoms with Gasteiger partial charge in [-0.2, -0.15) is 0 Å². The summed E-state index contributed by atoms with van der Waals surface area (Å²) in [5.41, 5.74) is 2.96. The summed E-state index contributed by atoms with van der Waals surface area (Å²) in [4.78, 5) is 16.6. The third-order valence-electron chi connectivity index (χ3n) is 4.48. The molecule has 0 saturated carbocycles. The van der Waals surface area contributed by atoms with Crippen LogP contribution in [-0.4, -0.2) is 37.5 Å². The van der Waals surface area contributed by atoms with Gasteiger partial charge in [-0.25, -0.2) is 0 Å². The van der Waals surface area contributed by atoms with Gasteiger partial charge in [-0.15, -0.1) is 10.2 Å². The lowest BCUT2D eigenvalue weighted by Gasteiger charge is -2.12. The van der Waals surface area contributed by atoms with Crippen molar-refractivity contribution < 1.29 is 4.79 Å². The molecule has 2 aromatic heterocycles. The van der Waals surface area contributed by atoms with Crippen molar-refractivity contribution in [3.8, 4) is 17.2 Å². The zero-order chi connectivity index (χ0) is 19.9. The van der Waals surface area contributed by atoms with E-state index in [0.717, 1.165) is 24.2 Å². The quantitative estimate of drug-likeness (QED) is 0.586. The molecule has 0 fully saturated rings. The van der Waals surface area contributed by atoms with Crippen LogP contribution in [0.4, 0.5) is 0 Å².